The van der Waals surface area contributed by atoms with Crippen LogP contribution in [0.15, 0.2) is 6.20 Å². The summed E-state index contributed by atoms with van der Waals surface area (Å²) in [5.41, 5.74) is 2.33. The zero-order valence-corrected chi connectivity index (χ0v) is 10.7. The SMILES string of the molecule is CC1(C)CN(c2nc(NN)ncc2F)CCS1. The largest absolute Gasteiger partial charge is 0.352 e. The Morgan fingerprint density at radius 3 is 3.00 bits per heavy atom. The number of hydrogen-bond donors (Lipinski definition) is 2. The fraction of sp³-hybridized carbons (Fsp3) is 0.600. The minimum atomic E-state index is -0.410. The van der Waals surface area contributed by atoms with Gasteiger partial charge in [0.15, 0.2) is 11.6 Å². The Hall–Kier alpha value is -1.08. The first-order chi connectivity index (χ1) is 8.02. The Morgan fingerprint density at radius 2 is 2.35 bits per heavy atom. The van der Waals surface area contributed by atoms with Crippen LogP contribution in [0.4, 0.5) is 16.2 Å². The van der Waals surface area contributed by atoms with E-state index in [2.05, 4.69) is 29.2 Å². The molecule has 1 aromatic rings. The van der Waals surface area contributed by atoms with Gasteiger partial charge in [0.25, 0.3) is 0 Å². The Morgan fingerprint density at radius 1 is 1.59 bits per heavy atom. The zero-order chi connectivity index (χ0) is 12.5. The molecule has 7 heteroatoms. The molecule has 94 valence electrons. The van der Waals surface area contributed by atoms with E-state index in [0.717, 1.165) is 25.0 Å². The predicted octanol–water partition coefficient (Wildman–Crippen LogP) is 1.23. The monoisotopic (exact) mass is 257 g/mol. The van der Waals surface area contributed by atoms with Gasteiger partial charge in [-0.2, -0.15) is 16.7 Å². The van der Waals surface area contributed by atoms with Crippen molar-refractivity contribution in [2.45, 2.75) is 18.6 Å². The van der Waals surface area contributed by atoms with Crippen LogP contribution in [0.3, 0.4) is 0 Å². The van der Waals surface area contributed by atoms with E-state index in [1.165, 1.54) is 0 Å². The predicted molar refractivity (Wildman–Crippen MR) is 68.6 cm³/mol. The summed E-state index contributed by atoms with van der Waals surface area (Å²) in [5.74, 6) is 6.34. The summed E-state index contributed by atoms with van der Waals surface area (Å²) in [6, 6.07) is 0. The van der Waals surface area contributed by atoms with Gasteiger partial charge in [-0.25, -0.2) is 15.2 Å². The molecule has 3 N–H and O–H groups in total. The van der Waals surface area contributed by atoms with Crippen LogP contribution in [0.1, 0.15) is 13.8 Å². The maximum atomic E-state index is 13.7. The van der Waals surface area contributed by atoms with E-state index in [1.807, 2.05) is 16.7 Å². The van der Waals surface area contributed by atoms with E-state index < -0.39 is 5.82 Å². The minimum Gasteiger partial charge on any atom is -0.352 e. The molecule has 0 atom stereocenters. The van der Waals surface area contributed by atoms with Crippen molar-refractivity contribution in [3.8, 4) is 0 Å². The quantitative estimate of drug-likeness (QED) is 0.613. The molecule has 1 aliphatic rings. The molecule has 0 amide bonds. The van der Waals surface area contributed by atoms with Gasteiger partial charge in [0.1, 0.15) is 0 Å². The van der Waals surface area contributed by atoms with Crippen LogP contribution in [-0.4, -0.2) is 33.6 Å². The second kappa shape index (κ2) is 4.66. The van der Waals surface area contributed by atoms with Gasteiger partial charge in [0.2, 0.25) is 5.95 Å². The van der Waals surface area contributed by atoms with E-state index >= 15 is 0 Å². The third-order valence-corrected chi connectivity index (χ3v) is 3.88. The number of hydrogen-bond acceptors (Lipinski definition) is 6. The zero-order valence-electron chi connectivity index (χ0n) is 9.90. The molecular formula is C10H16FN5S. The van der Waals surface area contributed by atoms with Gasteiger partial charge in [-0.1, -0.05) is 0 Å². The highest BCUT2D eigenvalue weighted by Gasteiger charge is 2.29. The van der Waals surface area contributed by atoms with Crippen molar-refractivity contribution in [2.75, 3.05) is 29.2 Å². The highest BCUT2D eigenvalue weighted by molar-refractivity contribution is 8.00. The Bertz CT molecular complexity index is 412. The van der Waals surface area contributed by atoms with Gasteiger partial charge in [0.05, 0.1) is 6.20 Å². The van der Waals surface area contributed by atoms with Crippen LogP contribution in [-0.2, 0) is 0 Å². The summed E-state index contributed by atoms with van der Waals surface area (Å²) in [6.07, 6.45) is 1.15. The van der Waals surface area contributed by atoms with Crippen molar-refractivity contribution in [2.24, 2.45) is 5.84 Å². The summed E-state index contributed by atoms with van der Waals surface area (Å²) in [6.45, 7) is 5.83. The number of nitrogens with one attached hydrogen (secondary N) is 1. The second-order valence-corrected chi connectivity index (χ2v) is 6.34. The molecule has 0 radical (unpaired) electrons. The molecule has 0 spiro atoms. The molecule has 0 aromatic carbocycles. The first kappa shape index (κ1) is 12.4. The number of nitrogens with zero attached hydrogens (tertiary/aromatic N) is 3. The van der Waals surface area contributed by atoms with Gasteiger partial charge in [-0.15, -0.1) is 0 Å². The molecule has 2 heterocycles. The van der Waals surface area contributed by atoms with Gasteiger partial charge in [0, 0.05) is 23.6 Å². The lowest BCUT2D eigenvalue weighted by Crippen LogP contribution is -2.44. The van der Waals surface area contributed by atoms with Crippen LogP contribution in [0, 0.1) is 5.82 Å². The molecule has 2 rings (SSSR count). The third kappa shape index (κ3) is 2.78. The van der Waals surface area contributed by atoms with Gasteiger partial charge < -0.3 is 4.90 Å². The molecule has 0 unspecified atom stereocenters. The van der Waals surface area contributed by atoms with Gasteiger partial charge >= 0.3 is 0 Å². The number of nitrogens with two attached hydrogens (primary N) is 1. The molecule has 0 bridgehead atoms. The first-order valence-corrected chi connectivity index (χ1v) is 6.38. The number of anilines is 2. The summed E-state index contributed by atoms with van der Waals surface area (Å²) >= 11 is 1.89. The molecule has 0 aliphatic carbocycles. The van der Waals surface area contributed by atoms with Crippen molar-refractivity contribution in [3.05, 3.63) is 12.0 Å². The number of thioether (sulfide) groups is 1. The highest BCUT2D eigenvalue weighted by Crippen LogP contribution is 2.32. The fourth-order valence-corrected chi connectivity index (χ4v) is 2.96. The lowest BCUT2D eigenvalue weighted by atomic mass is 10.2. The molecule has 1 fully saturated rings. The number of halogens is 1. The summed E-state index contributed by atoms with van der Waals surface area (Å²) in [7, 11) is 0. The average molecular weight is 257 g/mol. The van der Waals surface area contributed by atoms with Crippen LogP contribution in [0.25, 0.3) is 0 Å². The second-order valence-electron chi connectivity index (χ2n) is 4.54. The van der Waals surface area contributed by atoms with Gasteiger partial charge in [-0.05, 0) is 13.8 Å². The third-order valence-electron chi connectivity index (χ3n) is 2.58. The number of rotatable bonds is 2. The first-order valence-electron chi connectivity index (χ1n) is 5.40. The van der Waals surface area contributed by atoms with E-state index in [9.17, 15) is 4.39 Å². The van der Waals surface area contributed by atoms with Crippen LogP contribution < -0.4 is 16.2 Å². The number of nitrogen functional groups attached to an aromatic ring is 1. The normalized spacial score (nSPS) is 19.2. The average Bonchev–Trinajstić information content (AvgIpc) is 2.28. The van der Waals surface area contributed by atoms with Crippen molar-refractivity contribution in [3.63, 3.8) is 0 Å². The van der Waals surface area contributed by atoms with Crippen molar-refractivity contribution in [1.82, 2.24) is 9.97 Å². The fourth-order valence-electron chi connectivity index (χ4n) is 1.85. The maximum Gasteiger partial charge on any atom is 0.239 e. The van der Waals surface area contributed by atoms with Crippen molar-refractivity contribution in [1.29, 1.82) is 0 Å². The molecule has 1 aliphatic heterocycles. The van der Waals surface area contributed by atoms with E-state index in [-0.39, 0.29) is 10.7 Å². The van der Waals surface area contributed by atoms with Crippen LogP contribution >= 0.6 is 11.8 Å². The molecule has 17 heavy (non-hydrogen) atoms. The Kier molecular flexibility index (Phi) is 3.39. The molecule has 1 saturated heterocycles. The highest BCUT2D eigenvalue weighted by atomic mass is 32.2. The molecular weight excluding hydrogens is 241 g/mol. The summed E-state index contributed by atoms with van der Waals surface area (Å²) in [5, 5.41) is 0. The smallest absolute Gasteiger partial charge is 0.239 e. The molecule has 5 nitrogen and oxygen atoms in total. The van der Waals surface area contributed by atoms with Crippen molar-refractivity contribution >= 4 is 23.5 Å². The molecule has 1 aromatic heterocycles. The van der Waals surface area contributed by atoms with Crippen LogP contribution in [0.2, 0.25) is 0 Å². The van der Waals surface area contributed by atoms with E-state index in [4.69, 9.17) is 5.84 Å². The van der Waals surface area contributed by atoms with Gasteiger partial charge in [-0.3, -0.25) is 5.43 Å². The topological polar surface area (TPSA) is 67.1 Å². The van der Waals surface area contributed by atoms with Crippen LogP contribution in [0.5, 0.6) is 0 Å². The maximum absolute atomic E-state index is 13.7. The lowest BCUT2D eigenvalue weighted by molar-refractivity contribution is 0.583. The molecule has 0 saturated carbocycles. The Labute approximate surface area is 104 Å². The minimum absolute atomic E-state index is 0.103. The van der Waals surface area contributed by atoms with E-state index in [0.29, 0.717) is 5.82 Å². The van der Waals surface area contributed by atoms with Crippen molar-refractivity contribution < 1.29 is 4.39 Å². The lowest BCUT2D eigenvalue weighted by Gasteiger charge is -2.38. The number of aromatic nitrogens is 2. The summed E-state index contributed by atoms with van der Waals surface area (Å²) < 4.78 is 13.8. The summed E-state index contributed by atoms with van der Waals surface area (Å²) in [4.78, 5) is 9.75. The number of hydrazine groups is 1. The van der Waals surface area contributed by atoms with E-state index in [1.54, 1.807) is 0 Å². The standard InChI is InChI=1S/C10H16FN5S/c1-10(2)6-16(3-4-17-10)8-7(11)5-13-9(14-8)15-12/h5H,3-4,6,12H2,1-2H3,(H,13,14,15). The Balaban J connectivity index is 2.26.